The Kier molecular flexibility index (Phi) is 10.1. The summed E-state index contributed by atoms with van der Waals surface area (Å²) in [6.45, 7) is 8.10. The van der Waals surface area contributed by atoms with E-state index < -0.39 is 0 Å². The van der Waals surface area contributed by atoms with E-state index in [0.29, 0.717) is 6.42 Å². The number of nitrogens with zero attached hydrogens (tertiary/aromatic N) is 2. The summed E-state index contributed by atoms with van der Waals surface area (Å²) in [5.41, 5.74) is 0. The largest absolute Gasteiger partial charge is 0.379 e. The molecule has 0 aliphatic carbocycles. The molecule has 1 saturated heterocycles. The highest BCUT2D eigenvalue weighted by Gasteiger charge is 2.07. The van der Waals surface area contributed by atoms with Crippen molar-refractivity contribution in [3.63, 3.8) is 0 Å². The molecule has 17 heavy (non-hydrogen) atoms. The average molecular weight is 245 g/mol. The Hall–Kier alpha value is -0.650. The molecule has 5 nitrogen and oxygen atoms in total. The molecule has 1 amide bonds. The number of morpholine rings is 1. The van der Waals surface area contributed by atoms with Crippen molar-refractivity contribution in [1.29, 1.82) is 0 Å². The minimum absolute atomic E-state index is 0.181. The first-order chi connectivity index (χ1) is 8.11. The first-order valence-corrected chi connectivity index (χ1v) is 6.26. The van der Waals surface area contributed by atoms with Gasteiger partial charge in [0.05, 0.1) is 13.2 Å². The minimum Gasteiger partial charge on any atom is -0.379 e. The number of likely N-dealkylation sites (N-methyl/N-ethyl adjacent to an activating group) is 1. The second kappa shape index (κ2) is 10.5. The predicted octanol–water partition coefficient (Wildman–Crippen LogP) is 0.0226. The molecule has 0 spiro atoms. The normalized spacial score (nSPS) is 16.0. The monoisotopic (exact) mass is 245 g/mol. The maximum Gasteiger partial charge on any atom is 0.221 e. The summed E-state index contributed by atoms with van der Waals surface area (Å²) < 4.78 is 5.22. The highest BCUT2D eigenvalue weighted by molar-refractivity contribution is 5.75. The number of ether oxygens (including phenoxy) is 1. The Morgan fingerprint density at radius 3 is 2.29 bits per heavy atom. The number of amides is 1. The molecule has 0 aromatic heterocycles. The van der Waals surface area contributed by atoms with Crippen molar-refractivity contribution in [2.45, 2.75) is 13.3 Å². The lowest BCUT2D eigenvalue weighted by molar-refractivity contribution is -0.128. The van der Waals surface area contributed by atoms with Gasteiger partial charge in [-0.05, 0) is 7.05 Å². The van der Waals surface area contributed by atoms with Gasteiger partial charge in [0.2, 0.25) is 5.91 Å². The van der Waals surface area contributed by atoms with Crippen LogP contribution in [0, 0.1) is 0 Å². The number of carbonyl (C=O) groups excluding carboxylic acids is 1. The molecule has 0 bridgehead atoms. The molecule has 1 aliphatic heterocycles. The predicted molar refractivity (Wildman–Crippen MR) is 70.2 cm³/mol. The third kappa shape index (κ3) is 9.09. The van der Waals surface area contributed by atoms with E-state index in [0.717, 1.165) is 39.4 Å². The average Bonchev–Trinajstić information content (AvgIpc) is 2.37. The SMILES string of the molecule is CCC(=O)N(C)C.CNCCN1CCOCC1. The fourth-order valence-electron chi connectivity index (χ4n) is 1.41. The molecule has 102 valence electrons. The van der Waals surface area contributed by atoms with Gasteiger partial charge < -0.3 is 15.0 Å². The van der Waals surface area contributed by atoms with Gasteiger partial charge in [-0.25, -0.2) is 0 Å². The van der Waals surface area contributed by atoms with Gasteiger partial charge in [-0.2, -0.15) is 0 Å². The number of hydrogen-bond acceptors (Lipinski definition) is 4. The van der Waals surface area contributed by atoms with Crippen molar-refractivity contribution in [2.24, 2.45) is 0 Å². The highest BCUT2D eigenvalue weighted by atomic mass is 16.5. The van der Waals surface area contributed by atoms with Crippen LogP contribution in [-0.4, -0.2) is 76.2 Å². The summed E-state index contributed by atoms with van der Waals surface area (Å²) in [5.74, 6) is 0.181. The van der Waals surface area contributed by atoms with Gasteiger partial charge in [-0.1, -0.05) is 6.92 Å². The first-order valence-electron chi connectivity index (χ1n) is 6.26. The molecule has 0 radical (unpaired) electrons. The zero-order valence-electron chi connectivity index (χ0n) is 11.7. The quantitative estimate of drug-likeness (QED) is 0.758. The maximum atomic E-state index is 10.4. The van der Waals surface area contributed by atoms with Crippen molar-refractivity contribution >= 4 is 5.91 Å². The van der Waals surface area contributed by atoms with Crippen LogP contribution < -0.4 is 5.32 Å². The van der Waals surface area contributed by atoms with Crippen molar-refractivity contribution in [3.05, 3.63) is 0 Å². The highest BCUT2D eigenvalue weighted by Crippen LogP contribution is 1.94. The summed E-state index contributed by atoms with van der Waals surface area (Å²) in [5, 5.41) is 3.13. The molecule has 1 heterocycles. The van der Waals surface area contributed by atoms with Gasteiger partial charge >= 0.3 is 0 Å². The molecule has 0 atom stereocenters. The second-order valence-electron chi connectivity index (χ2n) is 4.20. The summed E-state index contributed by atoms with van der Waals surface area (Å²) >= 11 is 0. The number of rotatable bonds is 4. The van der Waals surface area contributed by atoms with Crippen molar-refractivity contribution in [2.75, 3.05) is 60.5 Å². The summed E-state index contributed by atoms with van der Waals surface area (Å²) in [4.78, 5) is 14.4. The smallest absolute Gasteiger partial charge is 0.221 e. The Labute approximate surface area is 105 Å². The van der Waals surface area contributed by atoms with Crippen LogP contribution in [0.5, 0.6) is 0 Å². The minimum atomic E-state index is 0.181. The van der Waals surface area contributed by atoms with Crippen LogP contribution in [0.3, 0.4) is 0 Å². The fraction of sp³-hybridized carbons (Fsp3) is 0.917. The Morgan fingerprint density at radius 2 is 1.94 bits per heavy atom. The lowest BCUT2D eigenvalue weighted by Crippen LogP contribution is -2.39. The van der Waals surface area contributed by atoms with E-state index in [9.17, 15) is 4.79 Å². The molecule has 1 aliphatic rings. The lowest BCUT2D eigenvalue weighted by Gasteiger charge is -2.26. The fourth-order valence-corrected chi connectivity index (χ4v) is 1.41. The van der Waals surface area contributed by atoms with Crippen molar-refractivity contribution < 1.29 is 9.53 Å². The summed E-state index contributed by atoms with van der Waals surface area (Å²) in [6, 6.07) is 0. The van der Waals surface area contributed by atoms with E-state index >= 15 is 0 Å². The summed E-state index contributed by atoms with van der Waals surface area (Å²) in [7, 11) is 5.50. The van der Waals surface area contributed by atoms with E-state index in [1.807, 2.05) is 14.0 Å². The molecule has 0 saturated carbocycles. The second-order valence-corrected chi connectivity index (χ2v) is 4.20. The Bertz CT molecular complexity index is 192. The van der Waals surface area contributed by atoms with E-state index in [4.69, 9.17) is 4.74 Å². The topological polar surface area (TPSA) is 44.8 Å². The zero-order chi connectivity index (χ0) is 13.1. The van der Waals surface area contributed by atoms with E-state index in [2.05, 4.69) is 10.2 Å². The molecular formula is C12H27N3O2. The third-order valence-corrected chi connectivity index (χ3v) is 2.58. The van der Waals surface area contributed by atoms with Crippen molar-refractivity contribution in [1.82, 2.24) is 15.1 Å². The maximum absolute atomic E-state index is 10.4. The number of carbonyl (C=O) groups is 1. The molecule has 0 unspecified atom stereocenters. The molecule has 1 N–H and O–H groups in total. The van der Waals surface area contributed by atoms with E-state index in [1.54, 1.807) is 19.0 Å². The van der Waals surface area contributed by atoms with Gasteiger partial charge in [0.15, 0.2) is 0 Å². The van der Waals surface area contributed by atoms with E-state index in [1.165, 1.54) is 0 Å². The standard InChI is InChI=1S/C7H16N2O.C5H11NO/c1-8-2-3-9-4-6-10-7-5-9;1-4-5(7)6(2)3/h8H,2-7H2,1H3;4H2,1-3H3. The van der Waals surface area contributed by atoms with Gasteiger partial charge in [0.25, 0.3) is 0 Å². The van der Waals surface area contributed by atoms with Gasteiger partial charge in [-0.3, -0.25) is 9.69 Å². The number of nitrogens with one attached hydrogen (secondary N) is 1. The van der Waals surface area contributed by atoms with Crippen LogP contribution in [-0.2, 0) is 9.53 Å². The molecule has 1 rings (SSSR count). The van der Waals surface area contributed by atoms with Crippen LogP contribution in [0.25, 0.3) is 0 Å². The number of hydrogen-bond donors (Lipinski definition) is 1. The van der Waals surface area contributed by atoms with Crippen LogP contribution in [0.2, 0.25) is 0 Å². The third-order valence-electron chi connectivity index (χ3n) is 2.58. The van der Waals surface area contributed by atoms with Gasteiger partial charge in [-0.15, -0.1) is 0 Å². The van der Waals surface area contributed by atoms with Gasteiger partial charge in [0, 0.05) is 46.7 Å². The zero-order valence-corrected chi connectivity index (χ0v) is 11.7. The van der Waals surface area contributed by atoms with Crippen molar-refractivity contribution in [3.8, 4) is 0 Å². The van der Waals surface area contributed by atoms with Crippen LogP contribution in [0.1, 0.15) is 13.3 Å². The summed E-state index contributed by atoms with van der Waals surface area (Å²) in [6.07, 6.45) is 0.604. The molecule has 1 fully saturated rings. The van der Waals surface area contributed by atoms with Crippen LogP contribution >= 0.6 is 0 Å². The molecule has 5 heteroatoms. The Balaban J connectivity index is 0.000000325. The first kappa shape index (κ1) is 16.4. The van der Waals surface area contributed by atoms with Crippen LogP contribution in [0.4, 0.5) is 0 Å². The molecule has 0 aromatic rings. The van der Waals surface area contributed by atoms with Crippen LogP contribution in [0.15, 0.2) is 0 Å². The molecular weight excluding hydrogens is 218 g/mol. The molecule has 0 aromatic carbocycles. The Morgan fingerprint density at radius 1 is 1.35 bits per heavy atom. The van der Waals surface area contributed by atoms with E-state index in [-0.39, 0.29) is 5.91 Å². The lowest BCUT2D eigenvalue weighted by atomic mass is 10.4. The van der Waals surface area contributed by atoms with Gasteiger partial charge in [0.1, 0.15) is 0 Å².